The molecule has 0 bridgehead atoms. The van der Waals surface area contributed by atoms with Crippen LogP contribution in [0.25, 0.3) is 16.6 Å². The molecule has 0 fully saturated rings. The van der Waals surface area contributed by atoms with E-state index in [0.29, 0.717) is 6.54 Å². The Morgan fingerprint density at radius 2 is 2.04 bits per heavy atom. The first-order valence-electron chi connectivity index (χ1n) is 8.02. The summed E-state index contributed by atoms with van der Waals surface area (Å²) >= 11 is 1.62. The van der Waals surface area contributed by atoms with Gasteiger partial charge in [-0.3, -0.25) is 9.78 Å². The van der Waals surface area contributed by atoms with Crippen molar-refractivity contribution in [2.45, 2.75) is 20.4 Å². The van der Waals surface area contributed by atoms with Crippen LogP contribution in [0.15, 0.2) is 54.9 Å². The van der Waals surface area contributed by atoms with Gasteiger partial charge in [-0.2, -0.15) is 0 Å². The van der Waals surface area contributed by atoms with Crippen molar-refractivity contribution in [2.24, 2.45) is 0 Å². The molecular weight excluding hydrogens is 330 g/mol. The molecule has 3 aromatic rings. The summed E-state index contributed by atoms with van der Waals surface area (Å²) in [7, 11) is 0. The average Bonchev–Trinajstić information content (AvgIpc) is 3.00. The summed E-state index contributed by atoms with van der Waals surface area (Å²) in [5.74, 6) is -0.130. The number of hydrogen-bond donors (Lipinski definition) is 1. The van der Waals surface area contributed by atoms with Crippen LogP contribution in [0.3, 0.4) is 0 Å². The van der Waals surface area contributed by atoms with Gasteiger partial charge in [-0.15, -0.1) is 11.3 Å². The molecule has 3 rings (SSSR count). The number of thiazole rings is 1. The second kappa shape index (κ2) is 7.85. The molecule has 0 atom stereocenters. The minimum Gasteiger partial charge on any atom is -0.348 e. The normalized spacial score (nSPS) is 11.0. The number of aryl methyl sites for hydroxylation is 2. The summed E-state index contributed by atoms with van der Waals surface area (Å²) in [6.07, 6.45) is 6.69. The van der Waals surface area contributed by atoms with Crippen LogP contribution in [0.5, 0.6) is 0 Å². The van der Waals surface area contributed by atoms with Crippen LogP contribution in [-0.4, -0.2) is 15.9 Å². The van der Waals surface area contributed by atoms with Crippen molar-refractivity contribution in [3.8, 4) is 10.6 Å². The van der Waals surface area contributed by atoms with Crippen LogP contribution >= 0.6 is 11.3 Å². The number of nitrogens with one attached hydrogen (secondary N) is 1. The molecule has 1 amide bonds. The molecule has 0 spiro atoms. The van der Waals surface area contributed by atoms with Crippen LogP contribution in [0.2, 0.25) is 0 Å². The molecule has 2 aromatic heterocycles. The highest BCUT2D eigenvalue weighted by Crippen LogP contribution is 2.29. The number of benzene rings is 1. The first-order valence-corrected chi connectivity index (χ1v) is 8.83. The van der Waals surface area contributed by atoms with E-state index in [0.717, 1.165) is 26.7 Å². The van der Waals surface area contributed by atoms with Crippen molar-refractivity contribution in [2.75, 3.05) is 0 Å². The largest absolute Gasteiger partial charge is 0.348 e. The molecule has 0 unspecified atom stereocenters. The fraction of sp³-hybridized carbons (Fsp3) is 0.150. The van der Waals surface area contributed by atoms with Gasteiger partial charge in [-0.1, -0.05) is 30.3 Å². The van der Waals surface area contributed by atoms with Gasteiger partial charge < -0.3 is 5.32 Å². The van der Waals surface area contributed by atoms with Gasteiger partial charge in [-0.25, -0.2) is 4.98 Å². The predicted octanol–water partition coefficient (Wildman–Crippen LogP) is 4.15. The number of hydrogen-bond acceptors (Lipinski definition) is 4. The number of pyridine rings is 1. The molecule has 0 radical (unpaired) electrons. The molecule has 1 N–H and O–H groups in total. The average molecular weight is 349 g/mol. The summed E-state index contributed by atoms with van der Waals surface area (Å²) < 4.78 is 0. The highest BCUT2D eigenvalue weighted by molar-refractivity contribution is 7.15. The van der Waals surface area contributed by atoms with E-state index >= 15 is 0 Å². The fourth-order valence-electron chi connectivity index (χ4n) is 2.39. The summed E-state index contributed by atoms with van der Waals surface area (Å²) in [5.41, 5.74) is 4.20. The predicted molar refractivity (Wildman–Crippen MR) is 102 cm³/mol. The maximum atomic E-state index is 12.0. The number of rotatable bonds is 5. The van der Waals surface area contributed by atoms with E-state index in [9.17, 15) is 4.79 Å². The highest BCUT2D eigenvalue weighted by atomic mass is 32.1. The lowest BCUT2D eigenvalue weighted by atomic mass is 10.1. The van der Waals surface area contributed by atoms with E-state index in [1.54, 1.807) is 29.8 Å². The van der Waals surface area contributed by atoms with Gasteiger partial charge in [0.25, 0.3) is 0 Å². The van der Waals surface area contributed by atoms with Crippen molar-refractivity contribution < 1.29 is 4.79 Å². The molecule has 5 heteroatoms. The third-order valence-corrected chi connectivity index (χ3v) is 4.99. The molecule has 25 heavy (non-hydrogen) atoms. The second-order valence-corrected chi connectivity index (χ2v) is 6.76. The number of carbonyl (C=O) groups is 1. The van der Waals surface area contributed by atoms with Gasteiger partial charge in [0.05, 0.1) is 12.2 Å². The lowest BCUT2D eigenvalue weighted by Crippen LogP contribution is -2.20. The monoisotopic (exact) mass is 349 g/mol. The van der Waals surface area contributed by atoms with Gasteiger partial charge in [0.1, 0.15) is 5.01 Å². The van der Waals surface area contributed by atoms with Crippen molar-refractivity contribution in [1.82, 2.24) is 15.3 Å². The van der Waals surface area contributed by atoms with E-state index < -0.39 is 0 Å². The molecule has 1 aromatic carbocycles. The number of amides is 1. The first-order chi connectivity index (χ1) is 12.1. The van der Waals surface area contributed by atoms with Crippen LogP contribution in [0, 0.1) is 13.8 Å². The van der Waals surface area contributed by atoms with Gasteiger partial charge in [-0.05, 0) is 37.1 Å². The van der Waals surface area contributed by atoms with Crippen LogP contribution in [-0.2, 0) is 11.3 Å². The van der Waals surface area contributed by atoms with Gasteiger partial charge in [0.2, 0.25) is 5.91 Å². The zero-order valence-electron chi connectivity index (χ0n) is 14.2. The molecule has 2 heterocycles. The standard InChI is InChI=1S/C20H19N3OS/c1-14-6-3-4-8-17(14)20-23-15(2)18(25-20)13-22-19(24)10-9-16-7-5-11-21-12-16/h3-12H,13H2,1-2H3,(H,22,24)/b10-9+. The van der Waals surface area contributed by atoms with Gasteiger partial charge >= 0.3 is 0 Å². The van der Waals surface area contributed by atoms with E-state index in [1.807, 2.05) is 31.2 Å². The summed E-state index contributed by atoms with van der Waals surface area (Å²) in [6.45, 7) is 4.54. The Labute approximate surface area is 151 Å². The number of nitrogens with zero attached hydrogens (tertiary/aromatic N) is 2. The minimum atomic E-state index is -0.130. The summed E-state index contributed by atoms with van der Waals surface area (Å²) in [5, 5.41) is 3.91. The van der Waals surface area contributed by atoms with Crippen LogP contribution in [0.1, 0.15) is 21.7 Å². The van der Waals surface area contributed by atoms with Crippen LogP contribution < -0.4 is 5.32 Å². The topological polar surface area (TPSA) is 54.9 Å². The Bertz CT molecular complexity index is 900. The number of aromatic nitrogens is 2. The SMILES string of the molecule is Cc1ccccc1-c1nc(C)c(CNC(=O)/C=C/c2cccnc2)s1. The fourth-order valence-corrected chi connectivity index (χ4v) is 3.49. The molecule has 126 valence electrons. The van der Waals surface area contributed by atoms with E-state index in [2.05, 4.69) is 34.3 Å². The molecular formula is C20H19N3OS. The highest BCUT2D eigenvalue weighted by Gasteiger charge is 2.11. The zero-order valence-corrected chi connectivity index (χ0v) is 15.0. The van der Waals surface area contributed by atoms with Gasteiger partial charge in [0, 0.05) is 28.9 Å². The summed E-state index contributed by atoms with van der Waals surface area (Å²) in [6, 6.07) is 11.9. The van der Waals surface area contributed by atoms with E-state index in [1.165, 1.54) is 11.6 Å². The Hall–Kier alpha value is -2.79. The molecule has 0 aliphatic heterocycles. The molecule has 4 nitrogen and oxygen atoms in total. The molecule has 0 saturated heterocycles. The summed E-state index contributed by atoms with van der Waals surface area (Å²) in [4.78, 5) is 21.7. The first kappa shape index (κ1) is 17.0. The Balaban J connectivity index is 1.65. The third-order valence-electron chi connectivity index (χ3n) is 3.80. The Kier molecular flexibility index (Phi) is 5.36. The Morgan fingerprint density at radius 1 is 1.20 bits per heavy atom. The third kappa shape index (κ3) is 4.39. The van der Waals surface area contributed by atoms with E-state index in [-0.39, 0.29) is 5.91 Å². The second-order valence-electron chi connectivity index (χ2n) is 5.68. The van der Waals surface area contributed by atoms with Crippen molar-refractivity contribution in [1.29, 1.82) is 0 Å². The van der Waals surface area contributed by atoms with E-state index in [4.69, 9.17) is 0 Å². The molecule has 0 aliphatic carbocycles. The van der Waals surface area contributed by atoms with Crippen LogP contribution in [0.4, 0.5) is 0 Å². The maximum Gasteiger partial charge on any atom is 0.244 e. The molecule has 0 saturated carbocycles. The van der Waals surface area contributed by atoms with Crippen molar-refractivity contribution >= 4 is 23.3 Å². The smallest absolute Gasteiger partial charge is 0.244 e. The Morgan fingerprint density at radius 3 is 2.80 bits per heavy atom. The number of carbonyl (C=O) groups excluding carboxylic acids is 1. The lowest BCUT2D eigenvalue weighted by Gasteiger charge is -2.01. The zero-order chi connectivity index (χ0) is 17.6. The van der Waals surface area contributed by atoms with Crippen molar-refractivity contribution in [3.05, 3.63) is 76.6 Å². The lowest BCUT2D eigenvalue weighted by molar-refractivity contribution is -0.116. The maximum absolute atomic E-state index is 12.0. The molecule has 0 aliphatic rings. The van der Waals surface area contributed by atoms with Gasteiger partial charge in [0.15, 0.2) is 0 Å². The van der Waals surface area contributed by atoms with Crippen molar-refractivity contribution in [3.63, 3.8) is 0 Å². The minimum absolute atomic E-state index is 0.130. The quantitative estimate of drug-likeness (QED) is 0.704.